The van der Waals surface area contributed by atoms with E-state index in [1.807, 2.05) is 60.4 Å². The molecule has 1 heterocycles. The van der Waals surface area contributed by atoms with Gasteiger partial charge >= 0.3 is 0 Å². The lowest BCUT2D eigenvalue weighted by atomic mass is 10.2. The van der Waals surface area contributed by atoms with E-state index in [0.717, 1.165) is 16.9 Å². The van der Waals surface area contributed by atoms with Crippen molar-refractivity contribution in [3.8, 4) is 11.1 Å². The van der Waals surface area contributed by atoms with E-state index in [1.165, 1.54) is 5.56 Å². The molecule has 0 saturated carbocycles. The Labute approximate surface area is 135 Å². The van der Waals surface area contributed by atoms with Gasteiger partial charge in [0.2, 0.25) is 0 Å². The Morgan fingerprint density at radius 1 is 0.800 bits per heavy atom. The van der Waals surface area contributed by atoms with Crippen molar-refractivity contribution in [3.63, 3.8) is 0 Å². The van der Waals surface area contributed by atoms with Gasteiger partial charge in [-0.3, -0.25) is 0 Å². The van der Waals surface area contributed by atoms with Crippen molar-refractivity contribution in [2.45, 2.75) is 0 Å². The molecule has 0 spiro atoms. The summed E-state index contributed by atoms with van der Waals surface area (Å²) in [5.41, 5.74) is 4.06. The summed E-state index contributed by atoms with van der Waals surface area (Å²) in [5, 5.41) is 8.61. The number of aryl methyl sites for hydroxylation is 1. The monoisotopic (exact) mass is 375 g/mol. The van der Waals surface area contributed by atoms with Crippen LogP contribution in [0, 0.1) is 0 Å². The molecule has 1 aromatic rings. The van der Waals surface area contributed by atoms with Crippen molar-refractivity contribution in [1.82, 2.24) is 0 Å². The van der Waals surface area contributed by atoms with Gasteiger partial charge in [0, 0.05) is 17.7 Å². The van der Waals surface area contributed by atoms with Crippen molar-refractivity contribution in [2.24, 2.45) is 17.3 Å². The fourth-order valence-electron chi connectivity index (χ4n) is 1.96. The van der Waals surface area contributed by atoms with Gasteiger partial charge < -0.3 is 24.0 Å². The molecular weight excluding hydrogens is 361 g/mol. The number of aromatic nitrogens is 1. The number of halogens is 1. The summed E-state index contributed by atoms with van der Waals surface area (Å²) < 4.78 is 1.97. The van der Waals surface area contributed by atoms with Crippen molar-refractivity contribution < 1.29 is 28.5 Å². The molecule has 0 aliphatic heterocycles. The SMILES string of the molecule is C[n+]1ccc(N=Nc2ccc3cccccc2-3)cc1.[I-]. The highest BCUT2D eigenvalue weighted by molar-refractivity contribution is 5.79. The Morgan fingerprint density at radius 2 is 1.55 bits per heavy atom. The number of azo groups is 1. The Bertz CT molecular complexity index is 692. The van der Waals surface area contributed by atoms with Crippen LogP contribution in [-0.4, -0.2) is 0 Å². The molecule has 20 heavy (non-hydrogen) atoms. The Balaban J connectivity index is 0.00000147. The smallest absolute Gasteiger partial charge is 0.170 e. The normalized spacial score (nSPS) is 10.7. The quantitative estimate of drug-likeness (QED) is 0.364. The van der Waals surface area contributed by atoms with Gasteiger partial charge in [0.25, 0.3) is 0 Å². The summed E-state index contributed by atoms with van der Waals surface area (Å²) in [7, 11) is 1.98. The van der Waals surface area contributed by atoms with Crippen molar-refractivity contribution in [3.05, 3.63) is 67.0 Å². The zero-order valence-corrected chi connectivity index (χ0v) is 13.2. The standard InChI is InChI=1S/C16H14N3.HI/c1-19-11-9-14(10-12-19)17-18-16-8-7-13-5-3-2-4-6-15(13)16;/h2-12H,1H3;1H/q+1;/p-1. The lowest BCUT2D eigenvalue weighted by Gasteiger charge is -1.94. The lowest BCUT2D eigenvalue weighted by molar-refractivity contribution is -0.671. The molecule has 0 atom stereocenters. The number of pyridine rings is 1. The van der Waals surface area contributed by atoms with Crippen LogP contribution < -0.4 is 28.5 Å². The number of rotatable bonds is 2. The minimum Gasteiger partial charge on any atom is -1.00 e. The molecule has 100 valence electrons. The van der Waals surface area contributed by atoms with Crippen LogP contribution >= 0.6 is 0 Å². The highest BCUT2D eigenvalue weighted by Crippen LogP contribution is 2.34. The van der Waals surface area contributed by atoms with E-state index in [9.17, 15) is 0 Å². The van der Waals surface area contributed by atoms with E-state index in [1.54, 1.807) is 0 Å². The van der Waals surface area contributed by atoms with Gasteiger partial charge in [0.15, 0.2) is 12.4 Å². The molecule has 0 aromatic carbocycles. The van der Waals surface area contributed by atoms with Crippen LogP contribution in [0.2, 0.25) is 0 Å². The van der Waals surface area contributed by atoms with Gasteiger partial charge in [-0.2, -0.15) is 5.11 Å². The molecule has 0 amide bonds. The van der Waals surface area contributed by atoms with E-state index in [0.29, 0.717) is 0 Å². The molecule has 0 radical (unpaired) electrons. The highest BCUT2D eigenvalue weighted by atomic mass is 127. The van der Waals surface area contributed by atoms with Gasteiger partial charge in [-0.25, -0.2) is 4.57 Å². The van der Waals surface area contributed by atoms with Crippen molar-refractivity contribution in [1.29, 1.82) is 0 Å². The van der Waals surface area contributed by atoms with Crippen LogP contribution in [0.15, 0.2) is 77.2 Å². The summed E-state index contributed by atoms with van der Waals surface area (Å²) in [4.78, 5) is 0. The Morgan fingerprint density at radius 3 is 2.35 bits per heavy atom. The first-order valence-corrected chi connectivity index (χ1v) is 6.18. The van der Waals surface area contributed by atoms with Gasteiger partial charge in [0.1, 0.15) is 7.05 Å². The molecule has 0 unspecified atom stereocenters. The van der Waals surface area contributed by atoms with Crippen LogP contribution in [0.3, 0.4) is 0 Å². The van der Waals surface area contributed by atoms with Crippen LogP contribution in [0.25, 0.3) is 11.1 Å². The second-order valence-electron chi connectivity index (χ2n) is 4.42. The van der Waals surface area contributed by atoms with Crippen LogP contribution in [0.5, 0.6) is 0 Å². The first-order chi connectivity index (χ1) is 9.33. The summed E-state index contributed by atoms with van der Waals surface area (Å²) in [6.07, 6.45) is 3.91. The average molecular weight is 375 g/mol. The molecule has 1 aromatic heterocycles. The maximum absolute atomic E-state index is 4.34. The second-order valence-corrected chi connectivity index (χ2v) is 4.42. The van der Waals surface area contributed by atoms with E-state index in [4.69, 9.17) is 0 Å². The van der Waals surface area contributed by atoms with Crippen molar-refractivity contribution in [2.75, 3.05) is 0 Å². The van der Waals surface area contributed by atoms with Gasteiger partial charge in [-0.05, 0) is 11.6 Å². The summed E-state index contributed by atoms with van der Waals surface area (Å²) >= 11 is 0. The molecule has 3 nitrogen and oxygen atoms in total. The number of fused-ring (bicyclic) bond motifs is 1. The maximum Gasteiger partial charge on any atom is 0.170 e. The molecule has 2 aliphatic carbocycles. The maximum atomic E-state index is 4.34. The largest absolute Gasteiger partial charge is 1.00 e. The molecule has 4 heteroatoms. The van der Waals surface area contributed by atoms with Gasteiger partial charge in [-0.1, -0.05) is 36.4 Å². The molecular formula is C16H14IN3. The fourth-order valence-corrected chi connectivity index (χ4v) is 1.96. The molecule has 0 bridgehead atoms. The Kier molecular flexibility index (Phi) is 4.79. The number of hydrogen-bond donors (Lipinski definition) is 0. The number of hydrogen-bond acceptors (Lipinski definition) is 2. The third-order valence-corrected chi connectivity index (χ3v) is 3.00. The van der Waals surface area contributed by atoms with E-state index < -0.39 is 0 Å². The second kappa shape index (κ2) is 6.56. The molecule has 0 fully saturated rings. The molecule has 0 saturated heterocycles. The summed E-state index contributed by atoms with van der Waals surface area (Å²) in [5.74, 6) is 0. The highest BCUT2D eigenvalue weighted by Gasteiger charge is 2.06. The van der Waals surface area contributed by atoms with Gasteiger partial charge in [-0.15, -0.1) is 5.11 Å². The summed E-state index contributed by atoms with van der Waals surface area (Å²) in [6.45, 7) is 0. The molecule has 0 N–H and O–H groups in total. The topological polar surface area (TPSA) is 28.6 Å². The van der Waals surface area contributed by atoms with Gasteiger partial charge in [0.05, 0.1) is 11.4 Å². The van der Waals surface area contributed by atoms with Crippen LogP contribution in [-0.2, 0) is 7.05 Å². The zero-order chi connectivity index (χ0) is 13.1. The Hall–Kier alpha value is -1.82. The molecule has 2 aliphatic rings. The van der Waals surface area contributed by atoms with Crippen molar-refractivity contribution >= 4 is 11.4 Å². The van der Waals surface area contributed by atoms with E-state index >= 15 is 0 Å². The fraction of sp³-hybridized carbons (Fsp3) is 0.0625. The zero-order valence-electron chi connectivity index (χ0n) is 11.1. The average Bonchev–Trinajstić information content (AvgIpc) is 2.66. The molecule has 3 rings (SSSR count). The summed E-state index contributed by atoms with van der Waals surface area (Å²) in [6, 6.07) is 18.1. The lowest BCUT2D eigenvalue weighted by Crippen LogP contribution is -3.00. The van der Waals surface area contributed by atoms with E-state index in [-0.39, 0.29) is 24.0 Å². The van der Waals surface area contributed by atoms with Crippen LogP contribution in [0.1, 0.15) is 0 Å². The van der Waals surface area contributed by atoms with E-state index in [2.05, 4.69) is 28.4 Å². The first-order valence-electron chi connectivity index (χ1n) is 6.18. The first kappa shape index (κ1) is 14.6. The predicted molar refractivity (Wildman–Crippen MR) is 74.9 cm³/mol. The predicted octanol–water partition coefficient (Wildman–Crippen LogP) is 1.04. The third-order valence-electron chi connectivity index (χ3n) is 3.00. The minimum absolute atomic E-state index is 0. The van der Waals surface area contributed by atoms with Crippen LogP contribution in [0.4, 0.5) is 11.4 Å². The third kappa shape index (κ3) is 3.19. The number of nitrogens with zero attached hydrogens (tertiary/aromatic N) is 3. The minimum atomic E-state index is 0.